The molecule has 6 heteroatoms. The van der Waals surface area contributed by atoms with Crippen LogP contribution >= 0.6 is 15.9 Å². The van der Waals surface area contributed by atoms with E-state index in [2.05, 4.69) is 66.0 Å². The molecular weight excluding hydrogens is 402 g/mol. The van der Waals surface area contributed by atoms with E-state index in [0.717, 1.165) is 43.3 Å². The minimum absolute atomic E-state index is 0.345. The third-order valence-electron chi connectivity index (χ3n) is 4.93. The fourth-order valence-corrected chi connectivity index (χ4v) is 3.98. The van der Waals surface area contributed by atoms with Crippen molar-refractivity contribution < 1.29 is 0 Å². The molecule has 3 aromatic rings. The second-order valence-electron chi connectivity index (χ2n) is 6.55. The number of rotatable bonds is 4. The van der Waals surface area contributed by atoms with E-state index in [4.69, 9.17) is 0 Å². The summed E-state index contributed by atoms with van der Waals surface area (Å²) in [5.41, 5.74) is 3.07. The van der Waals surface area contributed by atoms with Gasteiger partial charge in [0.2, 0.25) is 0 Å². The van der Waals surface area contributed by atoms with Crippen molar-refractivity contribution in [2.45, 2.75) is 6.04 Å². The maximum atomic E-state index is 9.85. The lowest BCUT2D eigenvalue weighted by Gasteiger charge is -2.37. The summed E-state index contributed by atoms with van der Waals surface area (Å²) >= 11 is 3.54. The Morgan fingerprint density at radius 1 is 0.963 bits per heavy atom. The van der Waals surface area contributed by atoms with E-state index < -0.39 is 0 Å². The van der Waals surface area contributed by atoms with Crippen LogP contribution in [0.1, 0.15) is 11.7 Å². The number of aromatic nitrogens is 2. The van der Waals surface area contributed by atoms with Gasteiger partial charge >= 0.3 is 0 Å². The van der Waals surface area contributed by atoms with Crippen LogP contribution in [0.3, 0.4) is 0 Å². The molecule has 2 heterocycles. The summed E-state index contributed by atoms with van der Waals surface area (Å²) in [7, 11) is 0. The topological polar surface area (TPSA) is 59.0 Å². The normalized spacial score (nSPS) is 16.1. The summed E-state index contributed by atoms with van der Waals surface area (Å²) in [4.78, 5) is 12.5. The molecule has 0 amide bonds. The largest absolute Gasteiger partial charge is 0.369 e. The van der Waals surface area contributed by atoms with E-state index in [0.29, 0.717) is 4.60 Å². The molecule has 0 saturated carbocycles. The Bertz CT molecular complexity index is 924. The molecule has 0 aliphatic carbocycles. The molecule has 1 aliphatic heterocycles. The number of nitrogens with zero attached hydrogens (tertiary/aromatic N) is 4. The standard InChI is InChI=1S/C21H20BrN5/c22-20-19(24-21(25-20)16-7-3-1-4-8-16)18(15-23)27-13-11-26(12-14-27)17-9-5-2-6-10-17/h1-10,18H,11-14H2,(H,24,25). The molecule has 2 aromatic carbocycles. The first-order chi connectivity index (χ1) is 13.3. The first-order valence-corrected chi connectivity index (χ1v) is 9.80. The summed E-state index contributed by atoms with van der Waals surface area (Å²) < 4.78 is 0.707. The predicted molar refractivity (Wildman–Crippen MR) is 110 cm³/mol. The number of para-hydroxylation sites is 1. The zero-order valence-electron chi connectivity index (χ0n) is 14.8. The monoisotopic (exact) mass is 421 g/mol. The van der Waals surface area contributed by atoms with E-state index in [1.54, 1.807) is 0 Å². The smallest absolute Gasteiger partial charge is 0.141 e. The third-order valence-corrected chi connectivity index (χ3v) is 5.53. The molecule has 1 aliphatic rings. The van der Waals surface area contributed by atoms with Gasteiger partial charge in [-0.3, -0.25) is 4.90 Å². The molecule has 27 heavy (non-hydrogen) atoms. The van der Waals surface area contributed by atoms with Crippen LogP contribution < -0.4 is 4.90 Å². The predicted octanol–water partition coefficient (Wildman–Crippen LogP) is 4.23. The molecule has 1 fully saturated rings. The van der Waals surface area contributed by atoms with Gasteiger partial charge in [0.1, 0.15) is 16.5 Å². The average Bonchev–Trinajstić information content (AvgIpc) is 3.12. The molecule has 5 nitrogen and oxygen atoms in total. The quantitative estimate of drug-likeness (QED) is 0.684. The number of H-pyrrole nitrogens is 1. The Balaban J connectivity index is 1.50. The van der Waals surface area contributed by atoms with Crippen LogP contribution in [0.4, 0.5) is 5.69 Å². The van der Waals surface area contributed by atoms with E-state index in [1.807, 2.05) is 36.4 Å². The molecule has 1 saturated heterocycles. The van der Waals surface area contributed by atoms with Gasteiger partial charge in [-0.2, -0.15) is 5.26 Å². The lowest BCUT2D eigenvalue weighted by Crippen LogP contribution is -2.47. The molecule has 1 N–H and O–H groups in total. The second kappa shape index (κ2) is 7.95. The van der Waals surface area contributed by atoms with Crippen LogP contribution in [0.25, 0.3) is 11.4 Å². The molecule has 0 radical (unpaired) electrons. The lowest BCUT2D eigenvalue weighted by molar-refractivity contribution is 0.219. The molecule has 1 atom stereocenters. The zero-order chi connectivity index (χ0) is 18.6. The molecule has 0 spiro atoms. The van der Waals surface area contributed by atoms with Gasteiger partial charge in [0, 0.05) is 37.4 Å². The van der Waals surface area contributed by atoms with Crippen molar-refractivity contribution in [1.29, 1.82) is 5.26 Å². The van der Waals surface area contributed by atoms with Gasteiger partial charge in [-0.15, -0.1) is 0 Å². The fraction of sp³-hybridized carbons (Fsp3) is 0.238. The highest BCUT2D eigenvalue weighted by Crippen LogP contribution is 2.30. The van der Waals surface area contributed by atoms with Gasteiger partial charge in [0.05, 0.1) is 11.8 Å². The summed E-state index contributed by atoms with van der Waals surface area (Å²) in [6, 6.07) is 22.5. The second-order valence-corrected chi connectivity index (χ2v) is 7.30. The highest BCUT2D eigenvalue weighted by atomic mass is 79.9. The number of aromatic amines is 1. The van der Waals surface area contributed by atoms with Crippen LogP contribution in [-0.2, 0) is 0 Å². The van der Waals surface area contributed by atoms with Crippen LogP contribution in [0, 0.1) is 11.3 Å². The van der Waals surface area contributed by atoms with Gasteiger partial charge in [0.25, 0.3) is 0 Å². The number of nitrogens with one attached hydrogen (secondary N) is 1. The van der Waals surface area contributed by atoms with E-state index in [-0.39, 0.29) is 6.04 Å². The molecule has 1 aromatic heterocycles. The molecular formula is C21H20BrN5. The number of halogens is 1. The van der Waals surface area contributed by atoms with Crippen LogP contribution in [0.5, 0.6) is 0 Å². The van der Waals surface area contributed by atoms with Crippen molar-refractivity contribution >= 4 is 21.6 Å². The SMILES string of the molecule is N#CC(c1[nH]c(-c2ccccc2)nc1Br)N1CCN(c2ccccc2)CC1. The van der Waals surface area contributed by atoms with Crippen LogP contribution in [0.15, 0.2) is 65.3 Å². The van der Waals surface area contributed by atoms with Crippen molar-refractivity contribution in [2.75, 3.05) is 31.1 Å². The summed E-state index contributed by atoms with van der Waals surface area (Å²) in [5.74, 6) is 0.778. The fourth-order valence-electron chi connectivity index (χ4n) is 3.49. The average molecular weight is 422 g/mol. The van der Waals surface area contributed by atoms with Gasteiger partial charge in [0.15, 0.2) is 0 Å². The Morgan fingerprint density at radius 2 is 1.59 bits per heavy atom. The van der Waals surface area contributed by atoms with Gasteiger partial charge < -0.3 is 9.88 Å². The lowest BCUT2D eigenvalue weighted by atomic mass is 10.1. The van der Waals surface area contributed by atoms with Gasteiger partial charge in [-0.05, 0) is 28.1 Å². The van der Waals surface area contributed by atoms with Crippen LogP contribution in [-0.4, -0.2) is 41.0 Å². The van der Waals surface area contributed by atoms with E-state index in [1.165, 1.54) is 5.69 Å². The van der Waals surface area contributed by atoms with E-state index >= 15 is 0 Å². The van der Waals surface area contributed by atoms with Crippen molar-refractivity contribution in [1.82, 2.24) is 14.9 Å². The minimum Gasteiger partial charge on any atom is -0.369 e. The number of anilines is 1. The number of hydrogen-bond acceptors (Lipinski definition) is 4. The van der Waals surface area contributed by atoms with Gasteiger partial charge in [-0.1, -0.05) is 48.5 Å². The number of nitriles is 1. The maximum absolute atomic E-state index is 9.85. The van der Waals surface area contributed by atoms with E-state index in [9.17, 15) is 5.26 Å². The molecule has 4 rings (SSSR count). The third kappa shape index (κ3) is 3.75. The van der Waals surface area contributed by atoms with Crippen molar-refractivity contribution in [3.05, 3.63) is 71.0 Å². The number of hydrogen-bond donors (Lipinski definition) is 1. The van der Waals surface area contributed by atoms with Crippen molar-refractivity contribution in [2.24, 2.45) is 0 Å². The first kappa shape index (κ1) is 17.8. The number of imidazole rings is 1. The van der Waals surface area contributed by atoms with Crippen molar-refractivity contribution in [3.63, 3.8) is 0 Å². The van der Waals surface area contributed by atoms with Crippen LogP contribution in [0.2, 0.25) is 0 Å². The number of piperazine rings is 1. The highest BCUT2D eigenvalue weighted by Gasteiger charge is 2.28. The maximum Gasteiger partial charge on any atom is 0.141 e. The summed E-state index contributed by atoms with van der Waals surface area (Å²) in [6.07, 6.45) is 0. The molecule has 136 valence electrons. The Morgan fingerprint density at radius 3 is 2.22 bits per heavy atom. The Labute approximate surface area is 167 Å². The Hall–Kier alpha value is -2.62. The zero-order valence-corrected chi connectivity index (χ0v) is 16.4. The minimum atomic E-state index is -0.345. The highest BCUT2D eigenvalue weighted by molar-refractivity contribution is 9.10. The summed E-state index contributed by atoms with van der Waals surface area (Å²) in [6.45, 7) is 3.47. The molecule has 1 unspecified atom stereocenters. The number of benzene rings is 2. The Kier molecular flexibility index (Phi) is 5.23. The summed E-state index contributed by atoms with van der Waals surface area (Å²) in [5, 5.41) is 9.85. The van der Waals surface area contributed by atoms with Gasteiger partial charge in [-0.25, -0.2) is 4.98 Å². The molecule has 0 bridgehead atoms. The van der Waals surface area contributed by atoms with Crippen molar-refractivity contribution in [3.8, 4) is 17.5 Å². The first-order valence-electron chi connectivity index (χ1n) is 9.01.